The minimum atomic E-state index is -0.366. The molecule has 0 saturated heterocycles. The molecule has 3 rings (SSSR count). The Hall–Kier alpha value is -2.36. The first-order valence-electron chi connectivity index (χ1n) is 9.58. The van der Waals surface area contributed by atoms with Gasteiger partial charge in [-0.1, -0.05) is 47.6 Å². The van der Waals surface area contributed by atoms with Gasteiger partial charge in [0.25, 0.3) is 0 Å². The summed E-state index contributed by atoms with van der Waals surface area (Å²) in [7, 11) is 0. The van der Waals surface area contributed by atoms with E-state index in [0.717, 1.165) is 27.4 Å². The van der Waals surface area contributed by atoms with Gasteiger partial charge in [-0.25, -0.2) is 9.78 Å². The highest BCUT2D eigenvalue weighted by molar-refractivity contribution is 6.12. The quantitative estimate of drug-likeness (QED) is 0.583. The van der Waals surface area contributed by atoms with Crippen LogP contribution in [0.3, 0.4) is 0 Å². The molecule has 0 aliphatic heterocycles. The molecule has 3 aromatic rings. The van der Waals surface area contributed by atoms with Crippen LogP contribution < -0.4 is 0 Å². The van der Waals surface area contributed by atoms with E-state index in [1.165, 1.54) is 11.1 Å². The molecule has 0 radical (unpaired) electrons. The van der Waals surface area contributed by atoms with E-state index in [1.54, 1.807) is 6.20 Å². The first-order valence-corrected chi connectivity index (χ1v) is 9.58. The Labute approximate surface area is 161 Å². The van der Waals surface area contributed by atoms with Crippen molar-refractivity contribution in [3.8, 4) is 0 Å². The van der Waals surface area contributed by atoms with Crippen molar-refractivity contribution in [1.82, 2.24) is 9.97 Å². The number of aromatic amines is 1. The summed E-state index contributed by atoms with van der Waals surface area (Å²) in [5, 5.41) is 2.20. The normalized spacial score (nSPS) is 12.7. The molecular formula is C23H30N2O2. The monoisotopic (exact) mass is 366 g/mol. The summed E-state index contributed by atoms with van der Waals surface area (Å²) in [4.78, 5) is 20.3. The third-order valence-electron chi connectivity index (χ3n) is 5.13. The topological polar surface area (TPSA) is 55.0 Å². The minimum Gasteiger partial charge on any atom is -0.461 e. The SMILES string of the molecule is CCOC(=O)c1ncc2[nH]c3c(C(C)(C)C)cc(C(C)(C)C)cc3c2c1C. The van der Waals surface area contributed by atoms with Crippen LogP contribution in [0.15, 0.2) is 18.3 Å². The van der Waals surface area contributed by atoms with Crippen molar-refractivity contribution in [2.24, 2.45) is 0 Å². The van der Waals surface area contributed by atoms with Crippen molar-refractivity contribution in [2.75, 3.05) is 6.61 Å². The number of ether oxygens (including phenoxy) is 1. The molecule has 0 saturated carbocycles. The number of hydrogen-bond donors (Lipinski definition) is 1. The Kier molecular flexibility index (Phi) is 4.57. The van der Waals surface area contributed by atoms with E-state index in [4.69, 9.17) is 4.74 Å². The van der Waals surface area contributed by atoms with E-state index >= 15 is 0 Å². The zero-order valence-electron chi connectivity index (χ0n) is 17.7. The zero-order chi connectivity index (χ0) is 20.1. The van der Waals surface area contributed by atoms with E-state index in [0.29, 0.717) is 12.3 Å². The first kappa shape index (κ1) is 19.4. The number of esters is 1. The molecule has 144 valence electrons. The Bertz CT molecular complexity index is 1030. The molecule has 0 amide bonds. The molecule has 0 unspecified atom stereocenters. The number of aromatic nitrogens is 2. The third-order valence-corrected chi connectivity index (χ3v) is 5.13. The fraction of sp³-hybridized carbons (Fsp3) is 0.478. The maximum Gasteiger partial charge on any atom is 0.357 e. The van der Waals surface area contributed by atoms with Crippen molar-refractivity contribution in [2.45, 2.75) is 66.2 Å². The van der Waals surface area contributed by atoms with Crippen LogP contribution in [0.25, 0.3) is 21.8 Å². The number of carbonyl (C=O) groups excluding carboxylic acids is 1. The largest absolute Gasteiger partial charge is 0.461 e. The van der Waals surface area contributed by atoms with Crippen LogP contribution >= 0.6 is 0 Å². The summed E-state index contributed by atoms with van der Waals surface area (Å²) in [5.41, 5.74) is 5.91. The number of nitrogens with zero attached hydrogens (tertiary/aromatic N) is 1. The first-order chi connectivity index (χ1) is 12.4. The molecule has 0 atom stereocenters. The maximum atomic E-state index is 12.3. The number of pyridine rings is 1. The average molecular weight is 367 g/mol. The van der Waals surface area contributed by atoms with E-state index in [1.807, 2.05) is 13.8 Å². The Morgan fingerprint density at radius 2 is 1.78 bits per heavy atom. The molecule has 1 N–H and O–H groups in total. The molecule has 2 aromatic heterocycles. The van der Waals surface area contributed by atoms with Crippen molar-refractivity contribution in [1.29, 1.82) is 0 Å². The molecule has 0 spiro atoms. The molecule has 1 aromatic carbocycles. The van der Waals surface area contributed by atoms with Crippen LogP contribution in [0.5, 0.6) is 0 Å². The lowest BCUT2D eigenvalue weighted by Gasteiger charge is -2.26. The van der Waals surface area contributed by atoms with E-state index in [2.05, 4.69) is 63.6 Å². The van der Waals surface area contributed by atoms with Gasteiger partial charge < -0.3 is 9.72 Å². The summed E-state index contributed by atoms with van der Waals surface area (Å²) in [6.07, 6.45) is 1.75. The van der Waals surface area contributed by atoms with Crippen molar-refractivity contribution >= 4 is 27.8 Å². The third kappa shape index (κ3) is 3.33. The standard InChI is InChI=1S/C23H30N2O2/c1-9-27-21(26)19-13(2)18-15-10-14(22(3,4)5)11-16(23(6,7)8)20(15)25-17(18)12-24-19/h10-12,25H,9H2,1-8H3. The number of benzene rings is 1. The van der Waals surface area contributed by atoms with Crippen molar-refractivity contribution in [3.63, 3.8) is 0 Å². The van der Waals surface area contributed by atoms with Gasteiger partial charge in [0.05, 0.1) is 23.8 Å². The molecule has 27 heavy (non-hydrogen) atoms. The van der Waals surface area contributed by atoms with Crippen LogP contribution in [-0.4, -0.2) is 22.5 Å². The van der Waals surface area contributed by atoms with Crippen LogP contribution in [0, 0.1) is 6.92 Å². The minimum absolute atomic E-state index is 0.00824. The number of fused-ring (bicyclic) bond motifs is 3. The highest BCUT2D eigenvalue weighted by Crippen LogP contribution is 2.39. The summed E-state index contributed by atoms with van der Waals surface area (Å²) < 4.78 is 5.19. The van der Waals surface area contributed by atoms with Gasteiger partial charge in [0.15, 0.2) is 5.69 Å². The van der Waals surface area contributed by atoms with Crippen molar-refractivity contribution < 1.29 is 9.53 Å². The lowest BCUT2D eigenvalue weighted by Crippen LogP contribution is -2.16. The van der Waals surface area contributed by atoms with Gasteiger partial charge in [-0.05, 0) is 47.4 Å². The van der Waals surface area contributed by atoms with Gasteiger partial charge in [-0.3, -0.25) is 0 Å². The fourth-order valence-corrected chi connectivity index (χ4v) is 3.59. The number of rotatable bonds is 2. The predicted octanol–water partition coefficient (Wildman–Crippen LogP) is 5.80. The lowest BCUT2D eigenvalue weighted by molar-refractivity contribution is 0.0519. The van der Waals surface area contributed by atoms with Gasteiger partial charge in [-0.2, -0.15) is 0 Å². The highest BCUT2D eigenvalue weighted by Gasteiger charge is 2.25. The van der Waals surface area contributed by atoms with Gasteiger partial charge in [0.2, 0.25) is 0 Å². The van der Waals surface area contributed by atoms with Crippen LogP contribution in [0.1, 0.15) is 75.6 Å². The Morgan fingerprint density at radius 3 is 2.33 bits per heavy atom. The molecule has 2 heterocycles. The van der Waals surface area contributed by atoms with E-state index in [9.17, 15) is 4.79 Å². The van der Waals surface area contributed by atoms with Gasteiger partial charge in [0, 0.05) is 10.8 Å². The summed E-state index contributed by atoms with van der Waals surface area (Å²) >= 11 is 0. The maximum absolute atomic E-state index is 12.3. The molecule has 0 aliphatic carbocycles. The second-order valence-electron chi connectivity index (χ2n) is 9.31. The van der Waals surface area contributed by atoms with E-state index < -0.39 is 0 Å². The average Bonchev–Trinajstić information content (AvgIpc) is 2.91. The molecule has 0 bridgehead atoms. The number of hydrogen-bond acceptors (Lipinski definition) is 3. The summed E-state index contributed by atoms with van der Waals surface area (Å²) in [5.74, 6) is -0.366. The van der Waals surface area contributed by atoms with Crippen LogP contribution in [0.4, 0.5) is 0 Å². The second kappa shape index (κ2) is 6.36. The number of nitrogens with one attached hydrogen (secondary N) is 1. The summed E-state index contributed by atoms with van der Waals surface area (Å²) in [6, 6.07) is 4.57. The van der Waals surface area contributed by atoms with Crippen LogP contribution in [-0.2, 0) is 15.6 Å². The number of H-pyrrole nitrogens is 1. The second-order valence-corrected chi connectivity index (χ2v) is 9.31. The summed E-state index contributed by atoms with van der Waals surface area (Å²) in [6.45, 7) is 17.5. The van der Waals surface area contributed by atoms with Crippen molar-refractivity contribution in [3.05, 3.63) is 40.7 Å². The molecule has 0 fully saturated rings. The predicted molar refractivity (Wildman–Crippen MR) is 112 cm³/mol. The number of aryl methyl sites for hydroxylation is 1. The van der Waals surface area contributed by atoms with Gasteiger partial charge >= 0.3 is 5.97 Å². The molecule has 4 heteroatoms. The van der Waals surface area contributed by atoms with E-state index in [-0.39, 0.29) is 16.8 Å². The fourth-order valence-electron chi connectivity index (χ4n) is 3.59. The Morgan fingerprint density at radius 1 is 1.11 bits per heavy atom. The molecule has 4 nitrogen and oxygen atoms in total. The molecule has 0 aliphatic rings. The van der Waals surface area contributed by atoms with Gasteiger partial charge in [-0.15, -0.1) is 0 Å². The lowest BCUT2D eigenvalue weighted by atomic mass is 9.79. The number of carbonyl (C=O) groups is 1. The van der Waals surface area contributed by atoms with Crippen LogP contribution in [0.2, 0.25) is 0 Å². The zero-order valence-corrected chi connectivity index (χ0v) is 17.7. The smallest absolute Gasteiger partial charge is 0.357 e. The Balaban J connectivity index is 2.44. The van der Waals surface area contributed by atoms with Gasteiger partial charge in [0.1, 0.15) is 0 Å². The highest BCUT2D eigenvalue weighted by atomic mass is 16.5. The molecular weight excluding hydrogens is 336 g/mol.